The number of nitrogens with one attached hydrogen (secondary N) is 3. The number of halogens is 1. The average Bonchev–Trinajstić information content (AvgIpc) is 3.27. The fraction of sp³-hybridized carbons (Fsp3) is 0.364. The molecule has 9 heteroatoms. The van der Waals surface area contributed by atoms with Crippen molar-refractivity contribution in [2.75, 3.05) is 6.54 Å². The van der Waals surface area contributed by atoms with Crippen LogP contribution in [0.4, 0.5) is 4.39 Å². The van der Waals surface area contributed by atoms with Crippen LogP contribution in [0.15, 0.2) is 42.6 Å². The number of nitrogens with zero attached hydrogens (tertiary/aromatic N) is 3. The molecule has 31 heavy (non-hydrogen) atoms. The highest BCUT2D eigenvalue weighted by atomic mass is 19.1. The van der Waals surface area contributed by atoms with Gasteiger partial charge in [-0.15, -0.1) is 5.10 Å². The Kier molecular flexibility index (Phi) is 6.11. The van der Waals surface area contributed by atoms with E-state index in [1.165, 1.54) is 6.07 Å². The number of rotatable bonds is 9. The van der Waals surface area contributed by atoms with Crippen LogP contribution < -0.4 is 10.6 Å². The molecule has 162 valence electrons. The largest absolute Gasteiger partial charge is 0.351 e. The maximum absolute atomic E-state index is 13.9. The maximum Gasteiger partial charge on any atom is 0.273 e. The van der Waals surface area contributed by atoms with Crippen molar-refractivity contribution in [3.8, 4) is 11.3 Å². The van der Waals surface area contributed by atoms with Gasteiger partial charge in [-0.2, -0.15) is 0 Å². The van der Waals surface area contributed by atoms with Crippen LogP contribution in [0.5, 0.6) is 0 Å². The van der Waals surface area contributed by atoms with Gasteiger partial charge >= 0.3 is 0 Å². The zero-order chi connectivity index (χ0) is 21.8. The number of H-pyrrole nitrogens is 1. The average molecular weight is 424 g/mol. The lowest BCUT2D eigenvalue weighted by Crippen LogP contribution is -2.33. The highest BCUT2D eigenvalue weighted by molar-refractivity contribution is 5.93. The lowest BCUT2D eigenvalue weighted by molar-refractivity contribution is 0.0923. The lowest BCUT2D eigenvalue weighted by Gasteiger charge is -2.13. The summed E-state index contributed by atoms with van der Waals surface area (Å²) in [5, 5.41) is 13.6. The Hall–Kier alpha value is -3.49. The molecule has 1 fully saturated rings. The highest BCUT2D eigenvalue weighted by Gasteiger charge is 2.25. The summed E-state index contributed by atoms with van der Waals surface area (Å²) < 4.78 is 15.7. The van der Waals surface area contributed by atoms with E-state index in [2.05, 4.69) is 25.9 Å². The molecule has 1 atom stereocenters. The fourth-order valence-corrected chi connectivity index (χ4v) is 3.34. The topological polar surface area (TPSA) is 105 Å². The van der Waals surface area contributed by atoms with Gasteiger partial charge in [0.1, 0.15) is 11.5 Å². The summed E-state index contributed by atoms with van der Waals surface area (Å²) in [5.41, 5.74) is 1.67. The van der Waals surface area contributed by atoms with E-state index in [0.717, 1.165) is 12.8 Å². The predicted octanol–water partition coefficient (Wildman–Crippen LogP) is 3.08. The number of hydrogen-bond acceptors (Lipinski definition) is 4. The summed E-state index contributed by atoms with van der Waals surface area (Å²) in [7, 11) is 0. The minimum absolute atomic E-state index is 0.0830. The van der Waals surface area contributed by atoms with E-state index in [9.17, 15) is 14.0 Å². The fourth-order valence-electron chi connectivity index (χ4n) is 3.34. The van der Waals surface area contributed by atoms with Crippen LogP contribution in [0, 0.1) is 5.82 Å². The van der Waals surface area contributed by atoms with E-state index >= 15 is 0 Å². The van der Waals surface area contributed by atoms with Crippen molar-refractivity contribution in [1.82, 2.24) is 30.6 Å². The molecule has 1 aromatic carbocycles. The predicted molar refractivity (Wildman–Crippen MR) is 113 cm³/mol. The summed E-state index contributed by atoms with van der Waals surface area (Å²) in [5.74, 6) is -0.840. The molecule has 3 aromatic rings. The zero-order valence-corrected chi connectivity index (χ0v) is 17.3. The van der Waals surface area contributed by atoms with Gasteiger partial charge in [0, 0.05) is 23.8 Å². The normalized spacial score (nSPS) is 14.3. The van der Waals surface area contributed by atoms with Gasteiger partial charge in [0.25, 0.3) is 11.8 Å². The number of carbonyl (C=O) groups excluding carboxylic acids is 2. The van der Waals surface area contributed by atoms with Crippen LogP contribution in [-0.2, 0) is 0 Å². The first-order valence-electron chi connectivity index (χ1n) is 10.5. The van der Waals surface area contributed by atoms with E-state index in [0.29, 0.717) is 48.1 Å². The molecule has 2 amide bonds. The molecular weight excluding hydrogens is 399 g/mol. The lowest BCUT2D eigenvalue weighted by atomic mass is 10.1. The first-order chi connectivity index (χ1) is 15.0. The molecule has 1 saturated carbocycles. The molecule has 0 spiro atoms. The van der Waals surface area contributed by atoms with Crippen molar-refractivity contribution in [2.45, 2.75) is 44.7 Å². The minimum atomic E-state index is -0.346. The Labute approximate surface area is 179 Å². The van der Waals surface area contributed by atoms with E-state index < -0.39 is 0 Å². The molecule has 0 bridgehead atoms. The molecule has 4 rings (SSSR count). The molecular formula is C22H25FN6O2. The molecule has 0 saturated heterocycles. The van der Waals surface area contributed by atoms with Crippen molar-refractivity contribution in [1.29, 1.82) is 0 Å². The van der Waals surface area contributed by atoms with Gasteiger partial charge in [-0.3, -0.25) is 9.59 Å². The smallest absolute Gasteiger partial charge is 0.273 e. The first kappa shape index (κ1) is 20.8. The molecule has 3 N–H and O–H groups in total. The third kappa shape index (κ3) is 5.17. The summed E-state index contributed by atoms with van der Waals surface area (Å²) in [6.45, 7) is 2.39. The molecule has 2 aromatic heterocycles. The molecule has 0 aliphatic heterocycles. The van der Waals surface area contributed by atoms with Crippen LogP contribution in [0.2, 0.25) is 0 Å². The van der Waals surface area contributed by atoms with E-state index in [1.54, 1.807) is 41.2 Å². The zero-order valence-electron chi connectivity index (χ0n) is 17.3. The molecule has 2 heterocycles. The van der Waals surface area contributed by atoms with Gasteiger partial charge in [0.2, 0.25) is 0 Å². The summed E-state index contributed by atoms with van der Waals surface area (Å²) in [4.78, 5) is 27.5. The SMILES string of the molecule is CC(CCCNC(=O)c1cn(C2CC2)nn1)NC(=O)c1ccc(-c2ccccc2F)[nH]1. The number of aromatic amines is 1. The number of aromatic nitrogens is 4. The Morgan fingerprint density at radius 3 is 2.81 bits per heavy atom. The van der Waals surface area contributed by atoms with Gasteiger partial charge in [0.15, 0.2) is 5.69 Å². The second-order valence-electron chi connectivity index (χ2n) is 7.85. The van der Waals surface area contributed by atoms with E-state index in [-0.39, 0.29) is 23.7 Å². The van der Waals surface area contributed by atoms with Crippen LogP contribution in [-0.4, -0.2) is 44.4 Å². The van der Waals surface area contributed by atoms with Gasteiger partial charge in [-0.1, -0.05) is 17.3 Å². The summed E-state index contributed by atoms with van der Waals surface area (Å²) >= 11 is 0. The van der Waals surface area contributed by atoms with Crippen LogP contribution in [0.25, 0.3) is 11.3 Å². The van der Waals surface area contributed by atoms with Crippen molar-refractivity contribution in [2.24, 2.45) is 0 Å². The summed E-state index contributed by atoms with van der Waals surface area (Å²) in [6.07, 6.45) is 5.25. The number of benzene rings is 1. The Morgan fingerprint density at radius 2 is 2.03 bits per heavy atom. The maximum atomic E-state index is 13.9. The van der Waals surface area contributed by atoms with Gasteiger partial charge in [0.05, 0.1) is 12.2 Å². The second-order valence-corrected chi connectivity index (χ2v) is 7.85. The van der Waals surface area contributed by atoms with E-state index in [1.807, 2.05) is 6.92 Å². The molecule has 1 aliphatic rings. The van der Waals surface area contributed by atoms with Gasteiger partial charge in [-0.25, -0.2) is 9.07 Å². The standard InChI is InChI=1S/C22H25FN6O2/c1-14(5-4-12-24-21(30)20-13-29(28-27-20)15-8-9-15)25-22(31)19-11-10-18(26-19)16-6-2-3-7-17(16)23/h2-3,6-7,10-11,13-15,26H,4-5,8-9,12H2,1H3,(H,24,30)(H,25,31). The van der Waals surface area contributed by atoms with Crippen LogP contribution >= 0.6 is 0 Å². The Balaban J connectivity index is 1.20. The van der Waals surface area contributed by atoms with Crippen molar-refractivity contribution < 1.29 is 14.0 Å². The third-order valence-electron chi connectivity index (χ3n) is 5.24. The first-order valence-corrected chi connectivity index (χ1v) is 10.5. The Bertz CT molecular complexity index is 1070. The molecule has 0 radical (unpaired) electrons. The molecule has 1 unspecified atom stereocenters. The Morgan fingerprint density at radius 1 is 1.23 bits per heavy atom. The van der Waals surface area contributed by atoms with Crippen molar-refractivity contribution in [3.05, 3.63) is 59.8 Å². The van der Waals surface area contributed by atoms with Crippen molar-refractivity contribution in [3.63, 3.8) is 0 Å². The van der Waals surface area contributed by atoms with Crippen LogP contribution in [0.1, 0.15) is 59.6 Å². The summed E-state index contributed by atoms with van der Waals surface area (Å²) in [6, 6.07) is 10.0. The van der Waals surface area contributed by atoms with Gasteiger partial charge in [-0.05, 0) is 56.9 Å². The van der Waals surface area contributed by atoms with Crippen molar-refractivity contribution >= 4 is 11.8 Å². The number of amides is 2. The second kappa shape index (κ2) is 9.11. The monoisotopic (exact) mass is 424 g/mol. The highest BCUT2D eigenvalue weighted by Crippen LogP contribution is 2.33. The molecule has 1 aliphatic carbocycles. The number of carbonyl (C=O) groups is 2. The number of hydrogen-bond donors (Lipinski definition) is 3. The molecule has 8 nitrogen and oxygen atoms in total. The van der Waals surface area contributed by atoms with E-state index in [4.69, 9.17) is 0 Å². The van der Waals surface area contributed by atoms with Crippen LogP contribution in [0.3, 0.4) is 0 Å². The third-order valence-corrected chi connectivity index (χ3v) is 5.24. The minimum Gasteiger partial charge on any atom is -0.351 e. The van der Waals surface area contributed by atoms with Gasteiger partial charge < -0.3 is 15.6 Å². The quantitative estimate of drug-likeness (QED) is 0.459.